The third-order valence-electron chi connectivity index (χ3n) is 4.06. The molecule has 0 aromatic carbocycles. The summed E-state index contributed by atoms with van der Waals surface area (Å²) in [5.74, 6) is 2.58. The summed E-state index contributed by atoms with van der Waals surface area (Å²) in [6.45, 7) is 6.27. The minimum Gasteiger partial charge on any atom is -0.340 e. The molecule has 4 nitrogen and oxygen atoms in total. The van der Waals surface area contributed by atoms with Gasteiger partial charge >= 0.3 is 0 Å². The molecule has 0 spiro atoms. The molecule has 1 aliphatic heterocycles. The molecular formula is C15H24N2O2. The highest BCUT2D eigenvalue weighted by molar-refractivity contribution is 5.99. The Kier molecular flexibility index (Phi) is 5.41. The van der Waals surface area contributed by atoms with E-state index in [0.717, 1.165) is 19.3 Å². The molecule has 0 saturated carbocycles. The van der Waals surface area contributed by atoms with Gasteiger partial charge in [0, 0.05) is 13.0 Å². The highest BCUT2D eigenvalue weighted by atomic mass is 16.2. The number of hydrogen-bond acceptors (Lipinski definition) is 2. The largest absolute Gasteiger partial charge is 0.340 e. The molecule has 1 unspecified atom stereocenters. The summed E-state index contributed by atoms with van der Waals surface area (Å²) >= 11 is 0. The zero-order valence-corrected chi connectivity index (χ0v) is 12.2. The van der Waals surface area contributed by atoms with E-state index in [4.69, 9.17) is 6.42 Å². The summed E-state index contributed by atoms with van der Waals surface area (Å²) in [5, 5.41) is 2.90. The van der Waals surface area contributed by atoms with Crippen LogP contribution in [0.1, 0.15) is 52.9 Å². The predicted molar refractivity (Wildman–Crippen MR) is 75.3 cm³/mol. The van der Waals surface area contributed by atoms with Gasteiger partial charge in [0.25, 0.3) is 0 Å². The Bertz CT molecular complexity index is 380. The van der Waals surface area contributed by atoms with Crippen molar-refractivity contribution in [2.75, 3.05) is 6.54 Å². The first-order chi connectivity index (χ1) is 9.02. The van der Waals surface area contributed by atoms with Crippen molar-refractivity contribution in [2.24, 2.45) is 0 Å². The minimum absolute atomic E-state index is 0.0466. The van der Waals surface area contributed by atoms with Crippen LogP contribution in [0.4, 0.5) is 0 Å². The Balaban J connectivity index is 2.79. The van der Waals surface area contributed by atoms with Gasteiger partial charge in [0.2, 0.25) is 11.8 Å². The number of rotatable bonds is 6. The number of amides is 2. The van der Waals surface area contributed by atoms with Crippen LogP contribution in [0.2, 0.25) is 0 Å². The van der Waals surface area contributed by atoms with Crippen molar-refractivity contribution in [1.82, 2.24) is 10.2 Å². The molecule has 0 radical (unpaired) electrons. The molecule has 1 saturated heterocycles. The van der Waals surface area contributed by atoms with E-state index in [0.29, 0.717) is 19.4 Å². The predicted octanol–water partition coefficient (Wildman–Crippen LogP) is 1.70. The lowest BCUT2D eigenvalue weighted by Gasteiger charge is -2.44. The number of terminal acetylenes is 1. The van der Waals surface area contributed by atoms with Gasteiger partial charge in [-0.15, -0.1) is 12.3 Å². The van der Waals surface area contributed by atoms with Crippen molar-refractivity contribution in [1.29, 1.82) is 0 Å². The number of carbonyl (C=O) groups excluding carboxylic acids is 2. The molecule has 106 valence electrons. The smallest absolute Gasteiger partial charge is 0.248 e. The molecule has 0 aromatic heterocycles. The van der Waals surface area contributed by atoms with E-state index in [1.54, 1.807) is 11.8 Å². The molecule has 1 heterocycles. The average molecular weight is 264 g/mol. The second kappa shape index (κ2) is 6.60. The van der Waals surface area contributed by atoms with Gasteiger partial charge in [0.05, 0.1) is 0 Å². The Labute approximate surface area is 115 Å². The zero-order chi connectivity index (χ0) is 14.5. The molecule has 0 aliphatic carbocycles. The van der Waals surface area contributed by atoms with E-state index in [1.165, 1.54) is 0 Å². The van der Waals surface area contributed by atoms with Crippen LogP contribution in [0.5, 0.6) is 0 Å². The van der Waals surface area contributed by atoms with Crippen LogP contribution in [0.25, 0.3) is 0 Å². The average Bonchev–Trinajstić information content (AvgIpc) is 2.42. The monoisotopic (exact) mass is 264 g/mol. The fourth-order valence-electron chi connectivity index (χ4n) is 2.52. The van der Waals surface area contributed by atoms with Crippen LogP contribution in [0.15, 0.2) is 0 Å². The van der Waals surface area contributed by atoms with Gasteiger partial charge in [0.15, 0.2) is 0 Å². The van der Waals surface area contributed by atoms with E-state index >= 15 is 0 Å². The maximum atomic E-state index is 12.6. The first kappa shape index (κ1) is 15.6. The molecule has 1 aliphatic rings. The number of nitrogens with zero attached hydrogens (tertiary/aromatic N) is 1. The van der Waals surface area contributed by atoms with Crippen LogP contribution >= 0.6 is 0 Å². The maximum Gasteiger partial charge on any atom is 0.248 e. The zero-order valence-electron chi connectivity index (χ0n) is 12.2. The summed E-state index contributed by atoms with van der Waals surface area (Å²) in [4.78, 5) is 26.3. The normalized spacial score (nSPS) is 22.0. The van der Waals surface area contributed by atoms with E-state index in [9.17, 15) is 9.59 Å². The second-order valence-electron chi connectivity index (χ2n) is 5.11. The van der Waals surface area contributed by atoms with Crippen molar-refractivity contribution in [2.45, 2.75) is 64.5 Å². The first-order valence-corrected chi connectivity index (χ1v) is 7.09. The van der Waals surface area contributed by atoms with Crippen molar-refractivity contribution in [3.8, 4) is 12.3 Å². The SMILES string of the molecule is C#CCCCCN1C(=O)C(CC)(CC)NC(=O)C1C. The topological polar surface area (TPSA) is 49.4 Å². The lowest BCUT2D eigenvalue weighted by molar-refractivity contribution is -0.154. The second-order valence-corrected chi connectivity index (χ2v) is 5.11. The van der Waals surface area contributed by atoms with Crippen LogP contribution in [0.3, 0.4) is 0 Å². The van der Waals surface area contributed by atoms with Crippen LogP contribution in [-0.2, 0) is 9.59 Å². The molecule has 1 N–H and O–H groups in total. The number of hydrogen-bond donors (Lipinski definition) is 1. The Morgan fingerprint density at radius 2 is 1.95 bits per heavy atom. The quantitative estimate of drug-likeness (QED) is 0.586. The summed E-state index contributed by atoms with van der Waals surface area (Å²) < 4.78 is 0. The van der Waals surface area contributed by atoms with Gasteiger partial charge in [-0.1, -0.05) is 13.8 Å². The molecule has 1 atom stereocenters. The van der Waals surface area contributed by atoms with E-state index in [1.807, 2.05) is 13.8 Å². The van der Waals surface area contributed by atoms with Gasteiger partial charge in [-0.2, -0.15) is 0 Å². The summed E-state index contributed by atoms with van der Waals surface area (Å²) in [7, 11) is 0. The van der Waals surface area contributed by atoms with E-state index < -0.39 is 5.54 Å². The van der Waals surface area contributed by atoms with E-state index in [2.05, 4.69) is 11.2 Å². The molecule has 1 rings (SSSR count). The lowest BCUT2D eigenvalue weighted by atomic mass is 9.87. The third-order valence-corrected chi connectivity index (χ3v) is 4.06. The van der Waals surface area contributed by atoms with Crippen molar-refractivity contribution in [3.05, 3.63) is 0 Å². The van der Waals surface area contributed by atoms with Crippen molar-refractivity contribution in [3.63, 3.8) is 0 Å². The Morgan fingerprint density at radius 3 is 2.47 bits per heavy atom. The summed E-state index contributed by atoms with van der Waals surface area (Å²) in [5.41, 5.74) is -0.713. The number of nitrogens with one attached hydrogen (secondary N) is 1. The molecule has 1 fully saturated rings. The number of carbonyl (C=O) groups is 2. The van der Waals surface area contributed by atoms with Gasteiger partial charge in [-0.25, -0.2) is 0 Å². The fraction of sp³-hybridized carbons (Fsp3) is 0.733. The first-order valence-electron chi connectivity index (χ1n) is 7.09. The van der Waals surface area contributed by atoms with Gasteiger partial charge in [-0.3, -0.25) is 9.59 Å². The maximum absolute atomic E-state index is 12.6. The van der Waals surface area contributed by atoms with Crippen molar-refractivity contribution >= 4 is 11.8 Å². The highest BCUT2D eigenvalue weighted by Gasteiger charge is 2.46. The Morgan fingerprint density at radius 1 is 1.32 bits per heavy atom. The summed E-state index contributed by atoms with van der Waals surface area (Å²) in [6.07, 6.45) is 8.92. The van der Waals surface area contributed by atoms with Gasteiger partial charge in [-0.05, 0) is 32.6 Å². The third kappa shape index (κ3) is 3.09. The van der Waals surface area contributed by atoms with Gasteiger partial charge in [0.1, 0.15) is 11.6 Å². The van der Waals surface area contributed by atoms with E-state index in [-0.39, 0.29) is 17.9 Å². The lowest BCUT2D eigenvalue weighted by Crippen LogP contribution is -2.69. The molecule has 0 bridgehead atoms. The summed E-state index contributed by atoms with van der Waals surface area (Å²) in [6, 6.07) is -0.385. The van der Waals surface area contributed by atoms with Crippen LogP contribution < -0.4 is 5.32 Å². The molecule has 0 aromatic rings. The molecule has 4 heteroatoms. The molecule has 19 heavy (non-hydrogen) atoms. The minimum atomic E-state index is -0.713. The Hall–Kier alpha value is -1.50. The highest BCUT2D eigenvalue weighted by Crippen LogP contribution is 2.25. The van der Waals surface area contributed by atoms with Gasteiger partial charge < -0.3 is 10.2 Å². The van der Waals surface area contributed by atoms with Crippen molar-refractivity contribution < 1.29 is 9.59 Å². The molecule has 2 amide bonds. The fourth-order valence-corrected chi connectivity index (χ4v) is 2.52. The van der Waals surface area contributed by atoms with Crippen LogP contribution in [-0.4, -0.2) is 34.8 Å². The number of piperazine rings is 1. The molecular weight excluding hydrogens is 240 g/mol. The van der Waals surface area contributed by atoms with Crippen LogP contribution in [0, 0.1) is 12.3 Å². The standard InChI is InChI=1S/C15H24N2O2/c1-5-8-9-10-11-17-12(4)13(18)16-15(6-2,7-3)14(17)19/h1,12H,6-11H2,2-4H3,(H,16,18). The number of unbranched alkanes of at least 4 members (excludes halogenated alkanes) is 2.